The molecule has 142 valence electrons. The molecule has 0 radical (unpaired) electrons. The molecule has 0 spiro atoms. The maximum Gasteiger partial charge on any atom is 0.398 e. The number of hydrogen-bond donors (Lipinski definition) is 1. The quantitative estimate of drug-likeness (QED) is 0.716. The number of nitrogens with one attached hydrogen (secondary N) is 1. The van der Waals surface area contributed by atoms with Crippen LogP contribution in [0.4, 0.5) is 18.9 Å². The highest BCUT2D eigenvalue weighted by Crippen LogP contribution is 2.33. The van der Waals surface area contributed by atoms with E-state index in [0.29, 0.717) is 11.8 Å². The molecule has 0 bridgehead atoms. The number of sulfone groups is 1. The maximum atomic E-state index is 12.6. The average Bonchev–Trinajstić information content (AvgIpc) is 2.52. The molecule has 0 saturated carbocycles. The van der Waals surface area contributed by atoms with Gasteiger partial charge in [0, 0.05) is 11.2 Å². The summed E-state index contributed by atoms with van der Waals surface area (Å²) in [4.78, 5) is -0.795. The van der Waals surface area contributed by atoms with E-state index in [9.17, 15) is 30.0 Å². The SMILES string of the molecule is CS(=O)(=O)c1ccccc1S(=O)(=O)Nc1ccccc1SCC(F)(F)F. The van der Waals surface area contributed by atoms with Gasteiger partial charge in [-0.15, -0.1) is 11.8 Å². The monoisotopic (exact) mass is 425 g/mol. The first-order valence-electron chi connectivity index (χ1n) is 7.01. The van der Waals surface area contributed by atoms with Gasteiger partial charge < -0.3 is 0 Å². The van der Waals surface area contributed by atoms with E-state index in [2.05, 4.69) is 4.72 Å². The van der Waals surface area contributed by atoms with E-state index >= 15 is 0 Å². The third-order valence-electron chi connectivity index (χ3n) is 3.06. The predicted octanol–water partition coefficient (Wildman–Crippen LogP) is 3.55. The summed E-state index contributed by atoms with van der Waals surface area (Å²) >= 11 is 0.429. The zero-order chi connectivity index (χ0) is 19.6. The molecule has 5 nitrogen and oxygen atoms in total. The fraction of sp³-hybridized carbons (Fsp3) is 0.200. The summed E-state index contributed by atoms with van der Waals surface area (Å²) in [6, 6.07) is 10.6. The van der Waals surface area contributed by atoms with Gasteiger partial charge >= 0.3 is 6.18 Å². The summed E-state index contributed by atoms with van der Waals surface area (Å²) in [6.45, 7) is 0. The van der Waals surface area contributed by atoms with Crippen molar-refractivity contribution in [3.05, 3.63) is 48.5 Å². The Morgan fingerprint density at radius 3 is 2.04 bits per heavy atom. The van der Waals surface area contributed by atoms with Gasteiger partial charge in [-0.3, -0.25) is 4.72 Å². The third-order valence-corrected chi connectivity index (χ3v) is 6.91. The fourth-order valence-corrected chi connectivity index (χ4v) is 5.56. The van der Waals surface area contributed by atoms with E-state index in [4.69, 9.17) is 0 Å². The lowest BCUT2D eigenvalue weighted by Crippen LogP contribution is -2.17. The molecule has 2 aromatic carbocycles. The molecular weight excluding hydrogens is 411 g/mol. The zero-order valence-corrected chi connectivity index (χ0v) is 15.8. The van der Waals surface area contributed by atoms with Crippen molar-refractivity contribution in [2.75, 3.05) is 16.7 Å². The second-order valence-corrected chi connectivity index (χ2v) is 9.88. The minimum absolute atomic E-state index is 0.0648. The summed E-state index contributed by atoms with van der Waals surface area (Å²) in [5, 5.41) is 0. The number of rotatable bonds is 6. The molecule has 0 unspecified atom stereocenters. The van der Waals surface area contributed by atoms with Crippen molar-refractivity contribution < 1.29 is 30.0 Å². The van der Waals surface area contributed by atoms with Gasteiger partial charge in [-0.05, 0) is 24.3 Å². The Labute approximate surface area is 153 Å². The van der Waals surface area contributed by atoms with E-state index in [1.165, 1.54) is 36.4 Å². The Bertz CT molecular complexity index is 1000. The minimum atomic E-state index is -4.42. The summed E-state index contributed by atoms with van der Waals surface area (Å²) in [6.07, 6.45) is -3.55. The summed E-state index contributed by atoms with van der Waals surface area (Å²) in [7, 11) is -8.15. The lowest BCUT2D eigenvalue weighted by Gasteiger charge is -2.14. The van der Waals surface area contributed by atoms with Crippen molar-refractivity contribution in [1.82, 2.24) is 0 Å². The predicted molar refractivity (Wildman–Crippen MR) is 93.6 cm³/mol. The number of hydrogen-bond acceptors (Lipinski definition) is 5. The molecule has 0 atom stereocenters. The number of sulfonamides is 1. The molecule has 0 aliphatic carbocycles. The molecule has 0 aliphatic heterocycles. The van der Waals surface area contributed by atoms with Crippen LogP contribution in [0.25, 0.3) is 0 Å². The molecule has 0 aromatic heterocycles. The number of anilines is 1. The molecule has 0 aliphatic rings. The molecule has 0 amide bonds. The van der Waals surface area contributed by atoms with Crippen LogP contribution < -0.4 is 4.72 Å². The smallest absolute Gasteiger partial charge is 0.278 e. The molecule has 0 heterocycles. The molecular formula is C15H14F3NO4S3. The topological polar surface area (TPSA) is 80.3 Å². The second kappa shape index (κ2) is 7.49. The molecule has 0 fully saturated rings. The Hall–Kier alpha value is -1.72. The summed E-state index contributed by atoms with van der Waals surface area (Å²) < 4.78 is 88.3. The van der Waals surface area contributed by atoms with Crippen LogP contribution in [0.15, 0.2) is 63.2 Å². The normalized spacial score (nSPS) is 12.8. The number of alkyl halides is 3. The van der Waals surface area contributed by atoms with Crippen LogP contribution in [0.5, 0.6) is 0 Å². The van der Waals surface area contributed by atoms with Crippen LogP contribution in [0.3, 0.4) is 0 Å². The van der Waals surface area contributed by atoms with Crippen molar-refractivity contribution in [1.29, 1.82) is 0 Å². The van der Waals surface area contributed by atoms with Crippen LogP contribution in [-0.2, 0) is 19.9 Å². The Balaban J connectivity index is 2.41. The van der Waals surface area contributed by atoms with Crippen LogP contribution >= 0.6 is 11.8 Å². The van der Waals surface area contributed by atoms with Gasteiger partial charge in [-0.1, -0.05) is 24.3 Å². The largest absolute Gasteiger partial charge is 0.398 e. The Morgan fingerprint density at radius 2 is 1.46 bits per heavy atom. The van der Waals surface area contributed by atoms with E-state index in [-0.39, 0.29) is 10.6 Å². The van der Waals surface area contributed by atoms with Crippen LogP contribution in [0.2, 0.25) is 0 Å². The first-order chi connectivity index (χ1) is 11.9. The van der Waals surface area contributed by atoms with Gasteiger partial charge in [0.1, 0.15) is 4.90 Å². The Kier molecular flexibility index (Phi) is 5.93. The van der Waals surface area contributed by atoms with E-state index < -0.39 is 41.6 Å². The van der Waals surface area contributed by atoms with Gasteiger partial charge in [-0.2, -0.15) is 13.2 Å². The highest BCUT2D eigenvalue weighted by molar-refractivity contribution is 7.99. The van der Waals surface area contributed by atoms with Crippen LogP contribution in [-0.4, -0.2) is 35.0 Å². The molecule has 26 heavy (non-hydrogen) atoms. The standard InChI is InChI=1S/C15H14F3NO4S3/c1-25(20,21)13-8-4-5-9-14(13)26(22,23)19-11-6-2-3-7-12(11)24-10-15(16,17)18/h2-9,19H,10H2,1H3. The average molecular weight is 425 g/mol. The summed E-state index contributed by atoms with van der Waals surface area (Å²) in [5.41, 5.74) is -0.0648. The Morgan fingerprint density at radius 1 is 0.923 bits per heavy atom. The highest BCUT2D eigenvalue weighted by Gasteiger charge is 2.28. The third kappa shape index (κ3) is 5.39. The number of benzene rings is 2. The van der Waals surface area contributed by atoms with Crippen LogP contribution in [0.1, 0.15) is 0 Å². The van der Waals surface area contributed by atoms with Gasteiger partial charge in [0.05, 0.1) is 16.3 Å². The highest BCUT2D eigenvalue weighted by atomic mass is 32.2. The van der Waals surface area contributed by atoms with Gasteiger partial charge in [-0.25, -0.2) is 16.8 Å². The van der Waals surface area contributed by atoms with Crippen molar-refractivity contribution in [2.24, 2.45) is 0 Å². The molecule has 0 saturated heterocycles. The van der Waals surface area contributed by atoms with E-state index in [1.807, 2.05) is 0 Å². The van der Waals surface area contributed by atoms with Gasteiger partial charge in [0.25, 0.3) is 10.0 Å². The van der Waals surface area contributed by atoms with E-state index in [1.54, 1.807) is 0 Å². The molecule has 2 rings (SSSR count). The molecule has 1 N–H and O–H groups in total. The van der Waals surface area contributed by atoms with Crippen molar-refractivity contribution >= 4 is 37.3 Å². The fourth-order valence-electron chi connectivity index (χ4n) is 2.01. The van der Waals surface area contributed by atoms with Gasteiger partial charge in [0.15, 0.2) is 9.84 Å². The van der Waals surface area contributed by atoms with Crippen molar-refractivity contribution in [3.8, 4) is 0 Å². The van der Waals surface area contributed by atoms with E-state index in [0.717, 1.165) is 18.4 Å². The van der Waals surface area contributed by atoms with Crippen LogP contribution in [0, 0.1) is 0 Å². The lowest BCUT2D eigenvalue weighted by molar-refractivity contribution is -0.105. The number of halogens is 3. The summed E-state index contributed by atoms with van der Waals surface area (Å²) in [5.74, 6) is -1.19. The van der Waals surface area contributed by atoms with Crippen molar-refractivity contribution in [3.63, 3.8) is 0 Å². The first kappa shape index (κ1) is 20.6. The minimum Gasteiger partial charge on any atom is -0.278 e. The molecule has 11 heteroatoms. The first-order valence-corrected chi connectivity index (χ1v) is 11.4. The zero-order valence-electron chi connectivity index (χ0n) is 13.3. The molecule has 2 aromatic rings. The lowest BCUT2D eigenvalue weighted by atomic mass is 10.3. The maximum absolute atomic E-state index is 12.6. The van der Waals surface area contributed by atoms with Gasteiger partial charge in [0.2, 0.25) is 0 Å². The number of para-hydroxylation sites is 1. The number of thioether (sulfide) groups is 1. The second-order valence-electron chi connectivity index (χ2n) is 5.22. The van der Waals surface area contributed by atoms with Crippen molar-refractivity contribution in [2.45, 2.75) is 20.9 Å².